The zero-order chi connectivity index (χ0) is 12.1. The van der Waals surface area contributed by atoms with Crippen molar-refractivity contribution >= 4 is 0 Å². The minimum Gasteiger partial charge on any atom is -0.307 e. The number of aryl methyl sites for hydroxylation is 2. The molecule has 0 heterocycles. The average molecular weight is 217 g/mol. The van der Waals surface area contributed by atoms with Crippen LogP contribution in [-0.4, -0.2) is 6.54 Å². The molecule has 1 aromatic carbocycles. The van der Waals surface area contributed by atoms with Crippen molar-refractivity contribution in [2.75, 3.05) is 6.54 Å². The maximum Gasteiger partial charge on any atom is 0.0533 e. The van der Waals surface area contributed by atoms with Crippen LogP contribution >= 0.6 is 0 Å². The van der Waals surface area contributed by atoms with Crippen LogP contribution in [0.25, 0.3) is 0 Å². The molecule has 1 N–H and O–H groups in total. The maximum atomic E-state index is 4.09. The number of nitrogens with one attached hydrogen (secondary N) is 1. The van der Waals surface area contributed by atoms with Gasteiger partial charge in [0, 0.05) is 0 Å². The van der Waals surface area contributed by atoms with Crippen molar-refractivity contribution in [3.05, 3.63) is 47.0 Å². The van der Waals surface area contributed by atoms with Crippen LogP contribution in [-0.2, 0) is 0 Å². The zero-order valence-electron chi connectivity index (χ0n) is 10.9. The van der Waals surface area contributed by atoms with Crippen LogP contribution in [0.3, 0.4) is 0 Å². The normalized spacial score (nSPS) is 12.5. The molecule has 1 nitrogen and oxygen atoms in total. The SMILES string of the molecule is C=C(C)C(NCCC)c1cc(C)ccc1C. The molecule has 1 aromatic rings. The van der Waals surface area contributed by atoms with Crippen LogP contribution in [0.5, 0.6) is 0 Å². The molecule has 0 fully saturated rings. The van der Waals surface area contributed by atoms with E-state index in [9.17, 15) is 0 Å². The van der Waals surface area contributed by atoms with Crippen molar-refractivity contribution in [3.8, 4) is 0 Å². The van der Waals surface area contributed by atoms with E-state index in [0.717, 1.165) is 13.0 Å². The molecule has 0 aliphatic rings. The standard InChI is InChI=1S/C15H23N/c1-6-9-16-15(11(2)3)14-10-12(4)7-8-13(14)5/h7-8,10,15-16H,2,6,9H2,1,3-5H3. The molecule has 16 heavy (non-hydrogen) atoms. The highest BCUT2D eigenvalue weighted by atomic mass is 14.9. The summed E-state index contributed by atoms with van der Waals surface area (Å²) in [6.45, 7) is 13.7. The fourth-order valence-electron chi connectivity index (χ4n) is 1.91. The number of hydrogen-bond acceptors (Lipinski definition) is 1. The molecule has 0 saturated carbocycles. The van der Waals surface area contributed by atoms with Gasteiger partial charge in [-0.15, -0.1) is 0 Å². The molecular weight excluding hydrogens is 194 g/mol. The Bertz CT molecular complexity index is 366. The Morgan fingerprint density at radius 3 is 2.62 bits per heavy atom. The van der Waals surface area contributed by atoms with Crippen LogP contribution < -0.4 is 5.32 Å². The fraction of sp³-hybridized carbons (Fsp3) is 0.467. The largest absolute Gasteiger partial charge is 0.307 e. The predicted octanol–water partition coefficient (Wildman–Crippen LogP) is 3.92. The third-order valence-corrected chi connectivity index (χ3v) is 2.84. The van der Waals surface area contributed by atoms with E-state index in [1.54, 1.807) is 0 Å². The lowest BCUT2D eigenvalue weighted by molar-refractivity contribution is 0.588. The summed E-state index contributed by atoms with van der Waals surface area (Å²) in [5.41, 5.74) is 5.19. The summed E-state index contributed by atoms with van der Waals surface area (Å²) < 4.78 is 0. The molecule has 1 atom stereocenters. The number of benzene rings is 1. The molecule has 0 spiro atoms. The molecule has 0 aliphatic heterocycles. The number of rotatable bonds is 5. The fourth-order valence-corrected chi connectivity index (χ4v) is 1.91. The summed E-state index contributed by atoms with van der Waals surface area (Å²) in [6.07, 6.45) is 1.15. The Hall–Kier alpha value is -1.08. The van der Waals surface area contributed by atoms with Gasteiger partial charge in [0.05, 0.1) is 6.04 Å². The van der Waals surface area contributed by atoms with Gasteiger partial charge in [0.15, 0.2) is 0 Å². The number of hydrogen-bond donors (Lipinski definition) is 1. The van der Waals surface area contributed by atoms with Crippen LogP contribution in [0.1, 0.15) is 43.0 Å². The van der Waals surface area contributed by atoms with Gasteiger partial charge in [-0.3, -0.25) is 0 Å². The van der Waals surface area contributed by atoms with E-state index in [1.807, 2.05) is 0 Å². The maximum absolute atomic E-state index is 4.09. The molecule has 0 aliphatic carbocycles. The zero-order valence-corrected chi connectivity index (χ0v) is 10.9. The molecule has 88 valence electrons. The monoisotopic (exact) mass is 217 g/mol. The predicted molar refractivity (Wildman–Crippen MR) is 71.8 cm³/mol. The Morgan fingerprint density at radius 2 is 2.06 bits per heavy atom. The second-order valence-corrected chi connectivity index (χ2v) is 4.59. The van der Waals surface area contributed by atoms with Gasteiger partial charge in [-0.05, 0) is 44.9 Å². The third kappa shape index (κ3) is 3.21. The summed E-state index contributed by atoms with van der Waals surface area (Å²) in [5.74, 6) is 0. The van der Waals surface area contributed by atoms with Crippen molar-refractivity contribution in [2.45, 2.75) is 40.2 Å². The Labute approximate surface area is 99.6 Å². The van der Waals surface area contributed by atoms with E-state index in [-0.39, 0.29) is 0 Å². The first-order valence-electron chi connectivity index (χ1n) is 6.02. The van der Waals surface area contributed by atoms with E-state index in [1.165, 1.54) is 22.3 Å². The summed E-state index contributed by atoms with van der Waals surface area (Å²) >= 11 is 0. The van der Waals surface area contributed by atoms with Gasteiger partial charge in [0.25, 0.3) is 0 Å². The molecule has 0 amide bonds. The smallest absolute Gasteiger partial charge is 0.0533 e. The van der Waals surface area contributed by atoms with Crippen molar-refractivity contribution < 1.29 is 0 Å². The Balaban J connectivity index is 3.00. The van der Waals surface area contributed by atoms with Gasteiger partial charge in [0.1, 0.15) is 0 Å². The minimum atomic E-state index is 0.292. The van der Waals surface area contributed by atoms with E-state index < -0.39 is 0 Å². The molecule has 0 radical (unpaired) electrons. The highest BCUT2D eigenvalue weighted by Gasteiger charge is 2.13. The second-order valence-electron chi connectivity index (χ2n) is 4.59. The minimum absolute atomic E-state index is 0.292. The lowest BCUT2D eigenvalue weighted by Crippen LogP contribution is -2.23. The molecule has 1 unspecified atom stereocenters. The van der Waals surface area contributed by atoms with Crippen LogP contribution in [0, 0.1) is 13.8 Å². The van der Waals surface area contributed by atoms with Crippen molar-refractivity contribution in [2.24, 2.45) is 0 Å². The third-order valence-electron chi connectivity index (χ3n) is 2.84. The first-order chi connectivity index (χ1) is 7.56. The molecular formula is C15H23N. The first-order valence-corrected chi connectivity index (χ1v) is 6.02. The summed E-state index contributed by atoms with van der Waals surface area (Å²) in [6, 6.07) is 6.90. The molecule has 1 rings (SSSR count). The average Bonchev–Trinajstić information content (AvgIpc) is 2.23. The van der Waals surface area contributed by atoms with E-state index in [4.69, 9.17) is 0 Å². The Morgan fingerprint density at radius 1 is 1.38 bits per heavy atom. The second kappa shape index (κ2) is 5.86. The molecule has 0 bridgehead atoms. The van der Waals surface area contributed by atoms with Gasteiger partial charge >= 0.3 is 0 Å². The van der Waals surface area contributed by atoms with Crippen LogP contribution in [0.4, 0.5) is 0 Å². The quantitative estimate of drug-likeness (QED) is 0.737. The van der Waals surface area contributed by atoms with Crippen molar-refractivity contribution in [3.63, 3.8) is 0 Å². The van der Waals surface area contributed by atoms with Gasteiger partial charge in [-0.2, -0.15) is 0 Å². The lowest BCUT2D eigenvalue weighted by Gasteiger charge is -2.21. The van der Waals surface area contributed by atoms with Gasteiger partial charge in [-0.25, -0.2) is 0 Å². The molecule has 0 saturated heterocycles. The van der Waals surface area contributed by atoms with Crippen molar-refractivity contribution in [1.82, 2.24) is 5.32 Å². The summed E-state index contributed by atoms with van der Waals surface area (Å²) in [4.78, 5) is 0. The topological polar surface area (TPSA) is 12.0 Å². The highest BCUT2D eigenvalue weighted by Crippen LogP contribution is 2.24. The van der Waals surface area contributed by atoms with Gasteiger partial charge in [-0.1, -0.05) is 42.8 Å². The molecule has 1 heteroatoms. The van der Waals surface area contributed by atoms with Crippen LogP contribution in [0.15, 0.2) is 30.4 Å². The Kier molecular flexibility index (Phi) is 4.75. The summed E-state index contributed by atoms with van der Waals surface area (Å²) in [7, 11) is 0. The van der Waals surface area contributed by atoms with E-state index >= 15 is 0 Å². The summed E-state index contributed by atoms with van der Waals surface area (Å²) in [5, 5.41) is 3.55. The lowest BCUT2D eigenvalue weighted by atomic mass is 9.95. The van der Waals surface area contributed by atoms with Gasteiger partial charge < -0.3 is 5.32 Å². The van der Waals surface area contributed by atoms with Gasteiger partial charge in [0.2, 0.25) is 0 Å². The highest BCUT2D eigenvalue weighted by molar-refractivity contribution is 5.36. The van der Waals surface area contributed by atoms with E-state index in [2.05, 4.69) is 57.8 Å². The van der Waals surface area contributed by atoms with Crippen LogP contribution in [0.2, 0.25) is 0 Å². The molecule has 0 aromatic heterocycles. The van der Waals surface area contributed by atoms with E-state index in [0.29, 0.717) is 6.04 Å². The van der Waals surface area contributed by atoms with Crippen molar-refractivity contribution in [1.29, 1.82) is 0 Å². The first kappa shape index (κ1) is 13.0.